The summed E-state index contributed by atoms with van der Waals surface area (Å²) in [5.41, 5.74) is 0. The summed E-state index contributed by atoms with van der Waals surface area (Å²) >= 11 is 0. The van der Waals surface area contributed by atoms with Crippen molar-refractivity contribution in [1.82, 2.24) is 10.6 Å². The van der Waals surface area contributed by atoms with Crippen molar-refractivity contribution in [2.45, 2.75) is 6.42 Å². The largest absolute Gasteiger partial charge is 0.493 e. The average Bonchev–Trinajstić information content (AvgIpc) is 2.46. The van der Waals surface area contributed by atoms with Gasteiger partial charge in [0.05, 0.1) is 13.0 Å². The average molecular weight is 280 g/mol. The molecule has 0 saturated heterocycles. The molecule has 20 heavy (non-hydrogen) atoms. The van der Waals surface area contributed by atoms with Gasteiger partial charge in [-0.1, -0.05) is 18.2 Å². The third-order valence-corrected chi connectivity index (χ3v) is 2.16. The van der Waals surface area contributed by atoms with Crippen LogP contribution in [0.15, 0.2) is 30.3 Å². The number of ether oxygens (including phenoxy) is 2. The molecule has 7 heteroatoms. The summed E-state index contributed by atoms with van der Waals surface area (Å²) in [4.78, 5) is 33.2. The van der Waals surface area contributed by atoms with E-state index >= 15 is 0 Å². The SMILES string of the molecule is CNC(=O)NC(=O)COC(=O)CCOc1ccccc1. The Hall–Kier alpha value is -2.57. The Labute approximate surface area is 116 Å². The van der Waals surface area contributed by atoms with Crippen LogP contribution in [0.5, 0.6) is 5.75 Å². The van der Waals surface area contributed by atoms with E-state index in [1.165, 1.54) is 7.05 Å². The lowest BCUT2D eigenvalue weighted by molar-refractivity contribution is -0.148. The lowest BCUT2D eigenvalue weighted by atomic mass is 10.3. The Morgan fingerprint density at radius 2 is 1.85 bits per heavy atom. The van der Waals surface area contributed by atoms with E-state index in [4.69, 9.17) is 4.74 Å². The van der Waals surface area contributed by atoms with Crippen molar-refractivity contribution in [2.24, 2.45) is 0 Å². The van der Waals surface area contributed by atoms with Crippen molar-refractivity contribution < 1.29 is 23.9 Å². The number of hydrogen-bond donors (Lipinski definition) is 2. The van der Waals surface area contributed by atoms with Crippen LogP contribution in [0, 0.1) is 0 Å². The fraction of sp³-hybridized carbons (Fsp3) is 0.308. The molecular weight excluding hydrogens is 264 g/mol. The standard InChI is InChI=1S/C13H16N2O5/c1-14-13(18)15-11(16)9-20-12(17)7-8-19-10-5-3-2-4-6-10/h2-6H,7-9H2,1H3,(H2,14,15,16,18). The van der Waals surface area contributed by atoms with E-state index in [2.05, 4.69) is 10.1 Å². The first-order valence-electron chi connectivity index (χ1n) is 5.97. The Morgan fingerprint density at radius 3 is 2.50 bits per heavy atom. The number of carbonyl (C=O) groups is 3. The molecule has 2 N–H and O–H groups in total. The van der Waals surface area contributed by atoms with Crippen molar-refractivity contribution in [3.63, 3.8) is 0 Å². The molecule has 0 radical (unpaired) electrons. The van der Waals surface area contributed by atoms with E-state index in [1.54, 1.807) is 12.1 Å². The topological polar surface area (TPSA) is 93.7 Å². The maximum Gasteiger partial charge on any atom is 0.321 e. The molecule has 0 aromatic heterocycles. The number of urea groups is 1. The summed E-state index contributed by atoms with van der Waals surface area (Å²) in [5.74, 6) is -0.618. The molecule has 0 fully saturated rings. The number of benzene rings is 1. The summed E-state index contributed by atoms with van der Waals surface area (Å²) < 4.78 is 9.98. The molecule has 1 aromatic rings. The minimum Gasteiger partial charge on any atom is -0.493 e. The Morgan fingerprint density at radius 1 is 1.15 bits per heavy atom. The minimum absolute atomic E-state index is 0.0160. The molecule has 0 heterocycles. The zero-order valence-electron chi connectivity index (χ0n) is 11.0. The van der Waals surface area contributed by atoms with Crippen LogP contribution in [0.2, 0.25) is 0 Å². The second-order valence-corrected chi connectivity index (χ2v) is 3.70. The summed E-state index contributed by atoms with van der Waals surface area (Å²) in [7, 11) is 1.37. The van der Waals surface area contributed by atoms with Gasteiger partial charge in [0.25, 0.3) is 5.91 Å². The molecule has 0 spiro atoms. The predicted octanol–water partition coefficient (Wildman–Crippen LogP) is 0.454. The molecule has 1 rings (SSSR count). The maximum atomic E-state index is 11.3. The van der Waals surface area contributed by atoms with Crippen LogP contribution in [-0.2, 0) is 14.3 Å². The van der Waals surface area contributed by atoms with Gasteiger partial charge < -0.3 is 14.8 Å². The molecule has 3 amide bonds. The van der Waals surface area contributed by atoms with E-state index in [0.29, 0.717) is 5.75 Å². The lowest BCUT2D eigenvalue weighted by Gasteiger charge is -2.07. The summed E-state index contributed by atoms with van der Waals surface area (Å²) in [5, 5.41) is 4.17. The Bertz CT molecular complexity index is 461. The third-order valence-electron chi connectivity index (χ3n) is 2.16. The fourth-order valence-electron chi connectivity index (χ4n) is 1.21. The molecular formula is C13H16N2O5. The van der Waals surface area contributed by atoms with Gasteiger partial charge in [0, 0.05) is 7.05 Å². The van der Waals surface area contributed by atoms with Gasteiger partial charge in [-0.25, -0.2) is 4.79 Å². The van der Waals surface area contributed by atoms with Crippen LogP contribution in [-0.4, -0.2) is 38.2 Å². The molecule has 0 aliphatic heterocycles. The van der Waals surface area contributed by atoms with Crippen molar-refractivity contribution in [1.29, 1.82) is 0 Å². The number of hydrogen-bond acceptors (Lipinski definition) is 5. The lowest BCUT2D eigenvalue weighted by Crippen LogP contribution is -2.39. The first-order valence-corrected chi connectivity index (χ1v) is 5.97. The number of rotatable bonds is 6. The first kappa shape index (κ1) is 15.5. The van der Waals surface area contributed by atoms with E-state index in [0.717, 1.165) is 0 Å². The van der Waals surface area contributed by atoms with Gasteiger partial charge >= 0.3 is 12.0 Å². The van der Waals surface area contributed by atoms with Gasteiger partial charge in [-0.2, -0.15) is 0 Å². The normalized spacial score (nSPS) is 9.45. The summed E-state index contributed by atoms with van der Waals surface area (Å²) in [6, 6.07) is 8.36. The van der Waals surface area contributed by atoms with Gasteiger partial charge in [0.2, 0.25) is 0 Å². The van der Waals surface area contributed by atoms with Gasteiger partial charge in [0.1, 0.15) is 5.75 Å². The second kappa shape index (κ2) is 8.52. The number of para-hydroxylation sites is 1. The number of amides is 3. The number of carbonyl (C=O) groups excluding carboxylic acids is 3. The molecule has 0 saturated carbocycles. The van der Waals surface area contributed by atoms with Gasteiger partial charge in [-0.05, 0) is 12.1 Å². The molecule has 0 atom stereocenters. The number of esters is 1. The monoisotopic (exact) mass is 280 g/mol. The van der Waals surface area contributed by atoms with Crippen molar-refractivity contribution in [3.05, 3.63) is 30.3 Å². The van der Waals surface area contributed by atoms with E-state index < -0.39 is 24.5 Å². The van der Waals surface area contributed by atoms with Crippen LogP contribution >= 0.6 is 0 Å². The zero-order chi connectivity index (χ0) is 14.8. The molecule has 0 unspecified atom stereocenters. The van der Waals surface area contributed by atoms with Crippen molar-refractivity contribution in [2.75, 3.05) is 20.3 Å². The van der Waals surface area contributed by atoms with Gasteiger partial charge in [-0.15, -0.1) is 0 Å². The fourth-order valence-corrected chi connectivity index (χ4v) is 1.21. The van der Waals surface area contributed by atoms with Crippen molar-refractivity contribution >= 4 is 17.9 Å². The molecule has 108 valence electrons. The van der Waals surface area contributed by atoms with Crippen LogP contribution < -0.4 is 15.4 Å². The Balaban J connectivity index is 2.14. The highest BCUT2D eigenvalue weighted by Crippen LogP contribution is 2.08. The number of imide groups is 1. The van der Waals surface area contributed by atoms with E-state index in [-0.39, 0.29) is 13.0 Å². The number of nitrogens with one attached hydrogen (secondary N) is 2. The highest BCUT2D eigenvalue weighted by Gasteiger charge is 2.09. The molecule has 0 aliphatic carbocycles. The summed E-state index contributed by atoms with van der Waals surface area (Å²) in [6.45, 7) is -0.350. The van der Waals surface area contributed by atoms with Crippen LogP contribution in [0.4, 0.5) is 4.79 Å². The first-order chi connectivity index (χ1) is 9.61. The Kier molecular flexibility index (Phi) is 6.60. The predicted molar refractivity (Wildman–Crippen MR) is 70.1 cm³/mol. The van der Waals surface area contributed by atoms with Crippen molar-refractivity contribution in [3.8, 4) is 5.75 Å². The van der Waals surface area contributed by atoms with Gasteiger partial charge in [0.15, 0.2) is 6.61 Å². The molecule has 7 nitrogen and oxygen atoms in total. The molecule has 1 aromatic carbocycles. The van der Waals surface area contributed by atoms with E-state index in [9.17, 15) is 14.4 Å². The second-order valence-electron chi connectivity index (χ2n) is 3.70. The quantitative estimate of drug-likeness (QED) is 0.738. The highest BCUT2D eigenvalue weighted by atomic mass is 16.5. The molecule has 0 bridgehead atoms. The summed E-state index contributed by atoms with van der Waals surface area (Å²) in [6.07, 6.45) is 0.0160. The van der Waals surface area contributed by atoms with Gasteiger partial charge in [-0.3, -0.25) is 14.9 Å². The minimum atomic E-state index is -0.693. The van der Waals surface area contributed by atoms with Crippen LogP contribution in [0.25, 0.3) is 0 Å². The smallest absolute Gasteiger partial charge is 0.321 e. The highest BCUT2D eigenvalue weighted by molar-refractivity contribution is 5.95. The van der Waals surface area contributed by atoms with Crippen LogP contribution in [0.3, 0.4) is 0 Å². The zero-order valence-corrected chi connectivity index (χ0v) is 11.0. The third kappa shape index (κ3) is 6.39. The van der Waals surface area contributed by atoms with E-state index in [1.807, 2.05) is 23.5 Å². The van der Waals surface area contributed by atoms with Crippen LogP contribution in [0.1, 0.15) is 6.42 Å². The maximum absolute atomic E-state index is 11.3. The molecule has 0 aliphatic rings.